The van der Waals surface area contributed by atoms with Crippen LogP contribution in [0.5, 0.6) is 11.5 Å². The highest BCUT2D eigenvalue weighted by molar-refractivity contribution is 6.33. The Bertz CT molecular complexity index is 937. The topological polar surface area (TPSA) is 124 Å². The van der Waals surface area contributed by atoms with Gasteiger partial charge in [-0.1, -0.05) is 41.9 Å². The SMILES string of the molecule is COc1cc(OCc2ccccc2)c(Cl)c(C)c1C(=O)O[C@@H]1[C@@H](O)[C@@H](OC)O[C@H](CO)[C@H]1O. The van der Waals surface area contributed by atoms with E-state index >= 15 is 0 Å². The minimum atomic E-state index is -1.49. The molecule has 33 heavy (non-hydrogen) atoms. The fraction of sp³-hybridized carbons (Fsp3) is 0.435. The average molecular weight is 483 g/mol. The molecule has 0 amide bonds. The summed E-state index contributed by atoms with van der Waals surface area (Å²) < 4.78 is 26.9. The number of carbonyl (C=O) groups excluding carboxylic acids is 1. The third-order valence-electron chi connectivity index (χ3n) is 5.39. The smallest absolute Gasteiger partial charge is 0.342 e. The monoisotopic (exact) mass is 482 g/mol. The van der Waals surface area contributed by atoms with E-state index in [2.05, 4.69) is 0 Å². The number of ether oxygens (including phenoxy) is 5. The molecule has 0 aliphatic carbocycles. The molecule has 180 valence electrons. The quantitative estimate of drug-likeness (QED) is 0.483. The molecule has 0 radical (unpaired) electrons. The van der Waals surface area contributed by atoms with Crippen LogP contribution in [0.3, 0.4) is 0 Å². The molecule has 0 bridgehead atoms. The van der Waals surface area contributed by atoms with Gasteiger partial charge in [0.1, 0.15) is 42.0 Å². The van der Waals surface area contributed by atoms with Gasteiger partial charge >= 0.3 is 5.97 Å². The number of halogens is 1. The van der Waals surface area contributed by atoms with Gasteiger partial charge in [-0.25, -0.2) is 4.79 Å². The molecule has 3 N–H and O–H groups in total. The van der Waals surface area contributed by atoms with Crippen molar-refractivity contribution < 1.29 is 43.8 Å². The number of aliphatic hydroxyl groups excluding tert-OH is 3. The van der Waals surface area contributed by atoms with Crippen molar-refractivity contribution in [3.8, 4) is 11.5 Å². The standard InChI is InChI=1S/C23H27ClO9/c1-12-17(22(28)33-21-19(26)16(10-25)32-23(30-3)20(21)27)14(29-2)9-15(18(12)24)31-11-13-7-5-4-6-8-13/h4-9,16,19-21,23,25-27H,10-11H2,1-3H3/t16-,19-,20-,21+,23+/m1/s1. The van der Waals surface area contributed by atoms with E-state index in [1.54, 1.807) is 6.92 Å². The van der Waals surface area contributed by atoms with Crippen molar-refractivity contribution in [1.82, 2.24) is 0 Å². The Kier molecular flexibility index (Phi) is 8.52. The van der Waals surface area contributed by atoms with Crippen LogP contribution in [-0.4, -0.2) is 72.8 Å². The molecule has 1 fully saturated rings. The van der Waals surface area contributed by atoms with Gasteiger partial charge < -0.3 is 39.0 Å². The average Bonchev–Trinajstić information content (AvgIpc) is 2.83. The fourth-order valence-corrected chi connectivity index (χ4v) is 3.76. The van der Waals surface area contributed by atoms with Gasteiger partial charge in [0.15, 0.2) is 12.4 Å². The van der Waals surface area contributed by atoms with E-state index in [4.69, 9.17) is 35.3 Å². The van der Waals surface area contributed by atoms with Crippen LogP contribution >= 0.6 is 11.6 Å². The predicted octanol–water partition coefficient (Wildman–Crippen LogP) is 1.85. The minimum absolute atomic E-state index is 0.00923. The molecule has 0 unspecified atom stereocenters. The van der Waals surface area contributed by atoms with Crippen molar-refractivity contribution in [3.63, 3.8) is 0 Å². The summed E-state index contributed by atoms with van der Waals surface area (Å²) in [4.78, 5) is 13.1. The van der Waals surface area contributed by atoms with Gasteiger partial charge in [-0.2, -0.15) is 0 Å². The number of hydrogen-bond acceptors (Lipinski definition) is 9. The van der Waals surface area contributed by atoms with Gasteiger partial charge in [0, 0.05) is 13.2 Å². The lowest BCUT2D eigenvalue weighted by Crippen LogP contribution is -2.60. The lowest BCUT2D eigenvalue weighted by atomic mass is 9.98. The molecular formula is C23H27ClO9. The molecule has 3 rings (SSSR count). The fourth-order valence-electron chi connectivity index (χ4n) is 3.56. The van der Waals surface area contributed by atoms with Crippen LogP contribution in [0.15, 0.2) is 36.4 Å². The van der Waals surface area contributed by atoms with Crippen LogP contribution in [0.4, 0.5) is 0 Å². The second-order valence-electron chi connectivity index (χ2n) is 7.48. The first kappa shape index (κ1) is 25.2. The maximum atomic E-state index is 13.1. The Morgan fingerprint density at radius 3 is 2.42 bits per heavy atom. The van der Waals surface area contributed by atoms with Gasteiger partial charge in [0.2, 0.25) is 0 Å². The molecule has 9 nitrogen and oxygen atoms in total. The number of aliphatic hydroxyl groups is 3. The lowest BCUT2D eigenvalue weighted by Gasteiger charge is -2.40. The number of carbonyl (C=O) groups is 1. The number of hydrogen-bond donors (Lipinski definition) is 3. The van der Waals surface area contributed by atoms with Crippen LogP contribution < -0.4 is 9.47 Å². The van der Waals surface area contributed by atoms with Crippen molar-refractivity contribution >= 4 is 17.6 Å². The third-order valence-corrected chi connectivity index (χ3v) is 5.86. The number of methoxy groups -OCH3 is 2. The first-order chi connectivity index (χ1) is 15.8. The van der Waals surface area contributed by atoms with Crippen molar-refractivity contribution in [1.29, 1.82) is 0 Å². The molecule has 2 aromatic rings. The zero-order valence-corrected chi connectivity index (χ0v) is 19.2. The molecule has 0 saturated carbocycles. The molecule has 5 atom stereocenters. The molecule has 1 saturated heterocycles. The van der Waals surface area contributed by atoms with Crippen LogP contribution in [0.2, 0.25) is 5.02 Å². The van der Waals surface area contributed by atoms with E-state index in [0.29, 0.717) is 11.3 Å². The van der Waals surface area contributed by atoms with Crippen molar-refractivity contribution in [2.75, 3.05) is 20.8 Å². The molecule has 0 aromatic heterocycles. The second kappa shape index (κ2) is 11.1. The van der Waals surface area contributed by atoms with Crippen molar-refractivity contribution in [3.05, 3.63) is 58.1 Å². The molecule has 1 aliphatic heterocycles. The summed E-state index contributed by atoms with van der Waals surface area (Å²) in [6.07, 6.45) is -6.73. The summed E-state index contributed by atoms with van der Waals surface area (Å²) in [5, 5.41) is 30.5. The largest absolute Gasteiger partial charge is 0.496 e. The Morgan fingerprint density at radius 2 is 1.82 bits per heavy atom. The summed E-state index contributed by atoms with van der Waals surface area (Å²) in [6, 6.07) is 11.0. The van der Waals surface area contributed by atoms with E-state index in [-0.39, 0.29) is 22.9 Å². The Morgan fingerprint density at radius 1 is 1.12 bits per heavy atom. The molecule has 1 heterocycles. The summed E-state index contributed by atoms with van der Waals surface area (Å²) in [7, 11) is 2.65. The highest BCUT2D eigenvalue weighted by atomic mass is 35.5. The number of esters is 1. The lowest BCUT2D eigenvalue weighted by molar-refractivity contribution is -0.293. The second-order valence-corrected chi connectivity index (χ2v) is 7.86. The highest BCUT2D eigenvalue weighted by Gasteiger charge is 2.47. The maximum Gasteiger partial charge on any atom is 0.342 e. The molecule has 2 aromatic carbocycles. The summed E-state index contributed by atoms with van der Waals surface area (Å²) >= 11 is 6.47. The molecule has 0 spiro atoms. The third kappa shape index (κ3) is 5.40. The Balaban J connectivity index is 1.85. The van der Waals surface area contributed by atoms with Crippen molar-refractivity contribution in [2.45, 2.75) is 44.2 Å². The molecule has 1 aliphatic rings. The van der Waals surface area contributed by atoms with E-state index in [1.165, 1.54) is 20.3 Å². The van der Waals surface area contributed by atoms with E-state index in [0.717, 1.165) is 5.56 Å². The van der Waals surface area contributed by atoms with E-state index in [1.807, 2.05) is 30.3 Å². The zero-order chi connectivity index (χ0) is 24.1. The number of benzene rings is 2. The van der Waals surface area contributed by atoms with Crippen LogP contribution in [0.1, 0.15) is 21.5 Å². The Labute approximate surface area is 196 Å². The zero-order valence-electron chi connectivity index (χ0n) is 18.4. The first-order valence-corrected chi connectivity index (χ1v) is 10.6. The molecule has 10 heteroatoms. The minimum Gasteiger partial charge on any atom is -0.496 e. The van der Waals surface area contributed by atoms with Gasteiger partial charge in [-0.05, 0) is 18.1 Å². The summed E-state index contributed by atoms with van der Waals surface area (Å²) in [5.74, 6) is -0.433. The highest BCUT2D eigenvalue weighted by Crippen LogP contribution is 2.38. The van der Waals surface area contributed by atoms with Gasteiger partial charge in [-0.3, -0.25) is 0 Å². The van der Waals surface area contributed by atoms with Gasteiger partial charge in [0.25, 0.3) is 0 Å². The number of rotatable bonds is 8. The van der Waals surface area contributed by atoms with Gasteiger partial charge in [-0.15, -0.1) is 0 Å². The van der Waals surface area contributed by atoms with Crippen LogP contribution in [-0.2, 0) is 20.8 Å². The van der Waals surface area contributed by atoms with Crippen molar-refractivity contribution in [2.24, 2.45) is 0 Å². The first-order valence-electron chi connectivity index (χ1n) is 10.2. The predicted molar refractivity (Wildman–Crippen MR) is 117 cm³/mol. The normalized spacial score (nSPS) is 24.9. The summed E-state index contributed by atoms with van der Waals surface area (Å²) in [6.45, 7) is 1.29. The maximum absolute atomic E-state index is 13.1. The summed E-state index contributed by atoms with van der Waals surface area (Å²) in [5.41, 5.74) is 1.28. The van der Waals surface area contributed by atoms with E-state index in [9.17, 15) is 20.1 Å². The van der Waals surface area contributed by atoms with E-state index < -0.39 is 43.3 Å². The Hall–Kier alpha value is -2.40. The van der Waals surface area contributed by atoms with Crippen LogP contribution in [0.25, 0.3) is 0 Å². The van der Waals surface area contributed by atoms with Crippen LogP contribution in [0, 0.1) is 6.92 Å². The molecular weight excluding hydrogens is 456 g/mol. The van der Waals surface area contributed by atoms with Gasteiger partial charge in [0.05, 0.1) is 18.7 Å².